The second-order valence-electron chi connectivity index (χ2n) is 7.87. The Kier molecular flexibility index (Phi) is 6.31. The van der Waals surface area contributed by atoms with Gasteiger partial charge in [0.05, 0.1) is 11.3 Å². The van der Waals surface area contributed by atoms with Crippen molar-refractivity contribution in [2.24, 2.45) is 5.92 Å². The molecule has 0 radical (unpaired) electrons. The zero-order valence-electron chi connectivity index (χ0n) is 16.9. The van der Waals surface area contributed by atoms with Crippen LogP contribution in [-0.4, -0.2) is 37.0 Å². The van der Waals surface area contributed by atoms with Gasteiger partial charge in [-0.25, -0.2) is 4.98 Å². The van der Waals surface area contributed by atoms with Crippen molar-refractivity contribution in [1.82, 2.24) is 10.3 Å². The lowest BCUT2D eigenvalue weighted by atomic mass is 10.00. The van der Waals surface area contributed by atoms with E-state index < -0.39 is 6.36 Å². The molecule has 0 bridgehead atoms. The van der Waals surface area contributed by atoms with Crippen LogP contribution in [0, 0.1) is 5.92 Å². The number of benzene rings is 1. The second-order valence-corrected chi connectivity index (χ2v) is 7.87. The van der Waals surface area contributed by atoms with Crippen LogP contribution in [0.4, 0.5) is 24.7 Å². The smallest absolute Gasteiger partial charge is 0.406 e. The summed E-state index contributed by atoms with van der Waals surface area (Å²) in [6.45, 7) is 2.06. The number of anilines is 2. The van der Waals surface area contributed by atoms with Gasteiger partial charge in [0, 0.05) is 37.4 Å². The molecule has 6 nitrogen and oxygen atoms in total. The fourth-order valence-electron chi connectivity index (χ4n) is 3.61. The maximum Gasteiger partial charge on any atom is 0.573 e. The normalized spacial score (nSPS) is 17.3. The summed E-state index contributed by atoms with van der Waals surface area (Å²) in [6, 6.07) is 8.94. The van der Waals surface area contributed by atoms with Gasteiger partial charge in [-0.15, -0.1) is 13.2 Å². The van der Waals surface area contributed by atoms with E-state index in [1.54, 1.807) is 18.2 Å². The maximum absolute atomic E-state index is 12.8. The van der Waals surface area contributed by atoms with Crippen molar-refractivity contribution in [1.29, 1.82) is 0 Å². The lowest BCUT2D eigenvalue weighted by Crippen LogP contribution is -2.32. The van der Waals surface area contributed by atoms with E-state index in [-0.39, 0.29) is 17.6 Å². The Bertz CT molecular complexity index is 926. The molecule has 1 aromatic carbocycles. The molecule has 0 spiro atoms. The number of amides is 1. The van der Waals surface area contributed by atoms with Crippen LogP contribution in [0.1, 0.15) is 47.7 Å². The van der Waals surface area contributed by atoms with Gasteiger partial charge in [0.25, 0.3) is 5.91 Å². The van der Waals surface area contributed by atoms with Gasteiger partial charge in [0.2, 0.25) is 0 Å². The molecule has 1 aliphatic heterocycles. The van der Waals surface area contributed by atoms with E-state index in [0.29, 0.717) is 29.5 Å². The molecule has 0 atom stereocenters. The average Bonchev–Trinajstić information content (AvgIpc) is 3.57. The lowest BCUT2D eigenvalue weighted by Gasteiger charge is -2.22. The third-order valence-corrected chi connectivity index (χ3v) is 5.37. The van der Waals surface area contributed by atoms with Crippen molar-refractivity contribution in [2.75, 3.05) is 25.1 Å². The summed E-state index contributed by atoms with van der Waals surface area (Å²) in [7, 11) is 0. The number of carbonyl (C=O) groups is 1. The van der Waals surface area contributed by atoms with Crippen LogP contribution in [0.25, 0.3) is 0 Å². The van der Waals surface area contributed by atoms with Gasteiger partial charge in [0.15, 0.2) is 0 Å². The maximum atomic E-state index is 12.8. The van der Waals surface area contributed by atoms with Gasteiger partial charge in [0.1, 0.15) is 11.6 Å². The summed E-state index contributed by atoms with van der Waals surface area (Å²) >= 11 is 0. The Morgan fingerprint density at radius 2 is 1.90 bits per heavy atom. The third-order valence-electron chi connectivity index (χ3n) is 5.37. The number of carbonyl (C=O) groups excluding carboxylic acids is 1. The average molecular weight is 435 g/mol. The first-order valence-corrected chi connectivity index (χ1v) is 10.4. The molecule has 1 saturated heterocycles. The highest BCUT2D eigenvalue weighted by Crippen LogP contribution is 2.41. The summed E-state index contributed by atoms with van der Waals surface area (Å²) in [5.74, 6) is 0.650. The molecule has 0 unspecified atom stereocenters. The molecule has 1 saturated carbocycles. The van der Waals surface area contributed by atoms with Crippen LogP contribution >= 0.6 is 0 Å². The van der Waals surface area contributed by atoms with Crippen molar-refractivity contribution in [2.45, 2.75) is 38.0 Å². The predicted molar refractivity (Wildman–Crippen MR) is 108 cm³/mol. The Hall–Kier alpha value is -2.81. The molecule has 1 amide bonds. The van der Waals surface area contributed by atoms with Crippen LogP contribution in [0.2, 0.25) is 0 Å². The number of hydrogen-bond donors (Lipinski definition) is 2. The van der Waals surface area contributed by atoms with Crippen molar-refractivity contribution in [3.63, 3.8) is 0 Å². The van der Waals surface area contributed by atoms with Gasteiger partial charge in [-0.2, -0.15) is 0 Å². The predicted octanol–water partition coefficient (Wildman–Crippen LogP) is 4.76. The number of rotatable bonds is 7. The molecular formula is C22H24F3N3O3. The Morgan fingerprint density at radius 1 is 1.13 bits per heavy atom. The van der Waals surface area contributed by atoms with Gasteiger partial charge >= 0.3 is 6.36 Å². The van der Waals surface area contributed by atoms with Crippen molar-refractivity contribution >= 4 is 17.4 Å². The molecule has 9 heteroatoms. The fourth-order valence-corrected chi connectivity index (χ4v) is 3.61. The van der Waals surface area contributed by atoms with Crippen molar-refractivity contribution in [3.05, 3.63) is 47.7 Å². The monoisotopic (exact) mass is 435 g/mol. The number of hydrogen-bond acceptors (Lipinski definition) is 5. The first-order valence-electron chi connectivity index (χ1n) is 10.4. The lowest BCUT2D eigenvalue weighted by molar-refractivity contribution is -0.274. The molecular weight excluding hydrogens is 411 g/mol. The fraction of sp³-hybridized carbons (Fsp3) is 0.455. The zero-order valence-corrected chi connectivity index (χ0v) is 16.9. The Morgan fingerprint density at radius 3 is 2.61 bits per heavy atom. The number of ether oxygens (including phenoxy) is 2. The number of alkyl halides is 3. The highest BCUT2D eigenvalue weighted by atomic mass is 19.4. The van der Waals surface area contributed by atoms with E-state index in [1.165, 1.54) is 18.2 Å². The van der Waals surface area contributed by atoms with E-state index in [9.17, 15) is 18.0 Å². The highest BCUT2D eigenvalue weighted by molar-refractivity contribution is 5.95. The van der Waals surface area contributed by atoms with Gasteiger partial charge in [-0.05, 0) is 55.9 Å². The molecule has 2 N–H and O–H groups in total. The summed E-state index contributed by atoms with van der Waals surface area (Å²) < 4.78 is 46.7. The van der Waals surface area contributed by atoms with Crippen LogP contribution in [0.15, 0.2) is 36.4 Å². The molecule has 166 valence electrons. The Balaban J connectivity index is 1.45. The molecule has 1 aromatic heterocycles. The van der Waals surface area contributed by atoms with Crippen LogP contribution in [-0.2, 0) is 4.74 Å². The van der Waals surface area contributed by atoms with Crippen molar-refractivity contribution < 1.29 is 27.4 Å². The highest BCUT2D eigenvalue weighted by Gasteiger charge is 2.32. The largest absolute Gasteiger partial charge is 0.573 e. The molecule has 2 fully saturated rings. The molecule has 2 aliphatic rings. The van der Waals surface area contributed by atoms with Gasteiger partial charge in [-0.1, -0.05) is 6.07 Å². The van der Waals surface area contributed by atoms with E-state index >= 15 is 0 Å². The number of aromatic nitrogens is 1. The number of halogens is 3. The topological polar surface area (TPSA) is 72.5 Å². The van der Waals surface area contributed by atoms with E-state index in [2.05, 4.69) is 20.4 Å². The number of pyridine rings is 1. The molecule has 1 aliphatic carbocycles. The first kappa shape index (κ1) is 21.4. The van der Waals surface area contributed by atoms with Gasteiger partial charge < -0.3 is 20.1 Å². The first-order chi connectivity index (χ1) is 14.9. The number of nitrogens with zero attached hydrogens (tertiary/aromatic N) is 1. The van der Waals surface area contributed by atoms with E-state index in [0.717, 1.165) is 44.6 Å². The van der Waals surface area contributed by atoms with E-state index in [1.807, 2.05) is 0 Å². The quantitative estimate of drug-likeness (QED) is 0.656. The summed E-state index contributed by atoms with van der Waals surface area (Å²) in [4.78, 5) is 17.4. The molecule has 31 heavy (non-hydrogen) atoms. The van der Waals surface area contributed by atoms with Crippen LogP contribution in [0.3, 0.4) is 0 Å². The SMILES string of the molecule is O=C(NCC1CCOCC1)c1ccc(Nc2cccc(OC(F)(F)F)c2)nc1C1CC1. The van der Waals surface area contributed by atoms with E-state index in [4.69, 9.17) is 4.74 Å². The Labute approximate surface area is 178 Å². The van der Waals surface area contributed by atoms with Crippen molar-refractivity contribution in [3.8, 4) is 5.75 Å². The third kappa shape index (κ3) is 6.10. The summed E-state index contributed by atoms with van der Waals surface area (Å²) in [6.07, 6.45) is -0.950. The zero-order chi connectivity index (χ0) is 21.8. The molecule has 2 aromatic rings. The second kappa shape index (κ2) is 9.13. The number of nitrogens with one attached hydrogen (secondary N) is 2. The minimum absolute atomic E-state index is 0.145. The standard InChI is InChI=1S/C22H24F3N3O3/c23-22(24,25)31-17-3-1-2-16(12-17)27-19-7-6-18(20(28-19)15-4-5-15)21(29)26-13-14-8-10-30-11-9-14/h1-3,6-7,12,14-15H,4-5,8-11,13H2,(H,26,29)(H,27,28). The molecule has 4 rings (SSSR count). The minimum atomic E-state index is -4.75. The van der Waals surface area contributed by atoms with Crippen LogP contribution in [0.5, 0.6) is 5.75 Å². The van der Waals surface area contributed by atoms with Crippen LogP contribution < -0.4 is 15.4 Å². The van der Waals surface area contributed by atoms with Gasteiger partial charge in [-0.3, -0.25) is 4.79 Å². The summed E-state index contributed by atoms with van der Waals surface area (Å²) in [5, 5.41) is 6.01. The summed E-state index contributed by atoms with van der Waals surface area (Å²) in [5.41, 5.74) is 1.68. The molecule has 2 heterocycles. The minimum Gasteiger partial charge on any atom is -0.406 e.